The number of halogens is 1. The van der Waals surface area contributed by atoms with Crippen molar-refractivity contribution in [3.63, 3.8) is 0 Å². The summed E-state index contributed by atoms with van der Waals surface area (Å²) >= 11 is 1.82. The smallest absolute Gasteiger partial charge is 0.160 e. The second-order valence-corrected chi connectivity index (χ2v) is 8.33. The number of aliphatic imine (C=N–C) groups is 1. The number of nitrogens with zero attached hydrogens (tertiary/aromatic N) is 4. The molecule has 0 bridgehead atoms. The summed E-state index contributed by atoms with van der Waals surface area (Å²) in [4.78, 5) is 12.0. The van der Waals surface area contributed by atoms with Crippen LogP contribution < -0.4 is 0 Å². The Morgan fingerprint density at radius 2 is 2.04 bits per heavy atom. The van der Waals surface area contributed by atoms with Crippen molar-refractivity contribution in [2.24, 2.45) is 4.99 Å². The topological polar surface area (TPSA) is 33.4 Å². The van der Waals surface area contributed by atoms with Crippen molar-refractivity contribution in [2.45, 2.75) is 24.3 Å². The molecule has 1 fully saturated rings. The van der Waals surface area contributed by atoms with Gasteiger partial charge < -0.3 is 9.47 Å². The molecule has 0 amide bonds. The van der Waals surface area contributed by atoms with Gasteiger partial charge in [-0.05, 0) is 42.5 Å². The van der Waals surface area contributed by atoms with Crippen LogP contribution in [0.25, 0.3) is 5.69 Å². The number of benzene rings is 1. The molecule has 1 saturated heterocycles. The van der Waals surface area contributed by atoms with Gasteiger partial charge in [-0.3, -0.25) is 9.98 Å². The predicted octanol–water partition coefficient (Wildman–Crippen LogP) is 4.60. The Morgan fingerprint density at radius 1 is 1.11 bits per heavy atom. The minimum absolute atomic E-state index is 0.0469. The molecule has 3 aromatic rings. The molecule has 6 heteroatoms. The number of thioether (sulfide) groups is 1. The van der Waals surface area contributed by atoms with Crippen LogP contribution in [0.1, 0.15) is 30.4 Å². The van der Waals surface area contributed by atoms with Crippen LogP contribution in [-0.2, 0) is 0 Å². The number of hydrogen-bond donors (Lipinski definition) is 0. The van der Waals surface area contributed by atoms with Crippen molar-refractivity contribution in [3.05, 3.63) is 84.2 Å². The van der Waals surface area contributed by atoms with E-state index >= 15 is 0 Å². The van der Waals surface area contributed by atoms with Crippen LogP contribution in [0, 0.1) is 5.82 Å². The van der Waals surface area contributed by atoms with Crippen molar-refractivity contribution < 1.29 is 4.39 Å². The normalized spacial score (nSPS) is 24.1. The third-order valence-corrected chi connectivity index (χ3v) is 6.15. The van der Waals surface area contributed by atoms with Gasteiger partial charge >= 0.3 is 0 Å². The number of fused-ring (bicyclic) bond motifs is 1. The monoisotopic (exact) mass is 378 g/mol. The minimum atomic E-state index is -0.234. The zero-order valence-corrected chi connectivity index (χ0v) is 15.7. The molecule has 5 rings (SSSR count). The molecule has 0 spiro atoms. The zero-order valence-electron chi connectivity index (χ0n) is 14.9. The maximum atomic E-state index is 13.8. The minimum Gasteiger partial charge on any atom is -0.339 e. The van der Waals surface area contributed by atoms with Crippen LogP contribution in [0.2, 0.25) is 0 Å². The van der Waals surface area contributed by atoms with Gasteiger partial charge in [-0.25, -0.2) is 4.39 Å². The van der Waals surface area contributed by atoms with Gasteiger partial charge in [-0.15, -0.1) is 0 Å². The summed E-state index contributed by atoms with van der Waals surface area (Å²) in [5.41, 5.74) is 2.89. The van der Waals surface area contributed by atoms with Gasteiger partial charge in [0.25, 0.3) is 0 Å². The Kier molecular flexibility index (Phi) is 4.01. The van der Waals surface area contributed by atoms with Crippen LogP contribution in [0.5, 0.6) is 0 Å². The summed E-state index contributed by atoms with van der Waals surface area (Å²) in [6.45, 7) is 3.18. The van der Waals surface area contributed by atoms with Crippen LogP contribution in [0.3, 0.4) is 0 Å². The Bertz CT molecular complexity index is 1000. The number of rotatable bonds is 3. The van der Waals surface area contributed by atoms with Crippen molar-refractivity contribution in [1.82, 2.24) is 14.5 Å². The molecule has 0 radical (unpaired) electrons. The maximum Gasteiger partial charge on any atom is 0.160 e. The summed E-state index contributed by atoms with van der Waals surface area (Å²) < 4.78 is 15.9. The second-order valence-electron chi connectivity index (χ2n) is 6.92. The van der Waals surface area contributed by atoms with E-state index in [1.165, 1.54) is 6.07 Å². The fraction of sp³-hybridized carbons (Fsp3) is 0.238. The van der Waals surface area contributed by atoms with Crippen LogP contribution in [-0.4, -0.2) is 31.4 Å². The fourth-order valence-electron chi connectivity index (χ4n) is 3.93. The van der Waals surface area contributed by atoms with Crippen LogP contribution >= 0.6 is 11.8 Å². The highest BCUT2D eigenvalue weighted by Gasteiger charge is 2.44. The van der Waals surface area contributed by atoms with Crippen LogP contribution in [0.4, 0.5) is 4.39 Å². The molecule has 2 aliphatic rings. The van der Waals surface area contributed by atoms with E-state index in [4.69, 9.17) is 4.99 Å². The van der Waals surface area contributed by atoms with E-state index in [-0.39, 0.29) is 17.9 Å². The molecule has 0 aliphatic carbocycles. The third-order valence-electron chi connectivity index (χ3n) is 5.05. The summed E-state index contributed by atoms with van der Waals surface area (Å²) in [7, 11) is 0. The average Bonchev–Trinajstić information content (AvgIpc) is 3.36. The molecular weight excluding hydrogens is 359 g/mol. The Balaban J connectivity index is 1.62. The molecule has 0 saturated carbocycles. The first kappa shape index (κ1) is 16.6. The molecule has 0 N–H and O–H groups in total. The largest absolute Gasteiger partial charge is 0.339 e. The van der Waals surface area contributed by atoms with Crippen molar-refractivity contribution in [3.8, 4) is 5.69 Å². The highest BCUT2D eigenvalue weighted by Crippen LogP contribution is 2.47. The SMILES string of the molecule is C[C@@H]1CN2C(=N[C@H](c3ccccn3)[C@H]2c2cccn2-c2cccc(F)c2)S1. The van der Waals surface area contributed by atoms with E-state index in [1.54, 1.807) is 12.1 Å². The number of amidine groups is 1. The molecule has 0 unspecified atom stereocenters. The molecule has 4 nitrogen and oxygen atoms in total. The summed E-state index contributed by atoms with van der Waals surface area (Å²) in [6, 6.07) is 16.8. The van der Waals surface area contributed by atoms with E-state index in [0.29, 0.717) is 5.25 Å². The first-order valence-corrected chi connectivity index (χ1v) is 9.94. The first-order valence-electron chi connectivity index (χ1n) is 9.06. The van der Waals surface area contributed by atoms with Crippen molar-refractivity contribution in [1.29, 1.82) is 0 Å². The molecule has 4 heterocycles. The van der Waals surface area contributed by atoms with E-state index in [0.717, 1.165) is 28.8 Å². The summed E-state index contributed by atoms with van der Waals surface area (Å²) in [6.07, 6.45) is 3.81. The first-order chi connectivity index (χ1) is 13.2. The van der Waals surface area contributed by atoms with Gasteiger partial charge in [0.05, 0.1) is 11.7 Å². The zero-order chi connectivity index (χ0) is 18.4. The van der Waals surface area contributed by atoms with Gasteiger partial charge in [0, 0.05) is 35.6 Å². The summed E-state index contributed by atoms with van der Waals surface area (Å²) in [5.74, 6) is -0.234. The van der Waals surface area contributed by atoms with Crippen molar-refractivity contribution in [2.75, 3.05) is 6.54 Å². The van der Waals surface area contributed by atoms with Gasteiger partial charge in [0.1, 0.15) is 11.9 Å². The highest BCUT2D eigenvalue weighted by molar-refractivity contribution is 8.14. The highest BCUT2D eigenvalue weighted by atomic mass is 32.2. The lowest BCUT2D eigenvalue weighted by atomic mass is 10.0. The lowest BCUT2D eigenvalue weighted by Crippen LogP contribution is -2.30. The standard InChI is InChI=1S/C21H19FN4S/c1-14-13-26-20(19(24-21(26)27-14)17-8-2-3-10-23-17)18-9-5-11-25(18)16-7-4-6-15(22)12-16/h2-12,14,19-20H,13H2,1H3/t14-,19-,20-/m1/s1. The number of aromatic nitrogens is 2. The Morgan fingerprint density at radius 3 is 2.85 bits per heavy atom. The molecule has 136 valence electrons. The average molecular weight is 378 g/mol. The summed E-state index contributed by atoms with van der Waals surface area (Å²) in [5, 5.41) is 1.59. The molecule has 2 aromatic heterocycles. The van der Waals surface area contributed by atoms with E-state index in [1.807, 2.05) is 54.5 Å². The van der Waals surface area contributed by atoms with Crippen molar-refractivity contribution >= 4 is 16.9 Å². The number of pyridine rings is 1. The molecule has 1 aromatic carbocycles. The predicted molar refractivity (Wildman–Crippen MR) is 107 cm³/mol. The van der Waals surface area contributed by atoms with Gasteiger partial charge in [0.2, 0.25) is 0 Å². The fourth-order valence-corrected chi connectivity index (χ4v) is 5.03. The Labute approximate surface area is 161 Å². The van der Waals surface area contributed by atoms with Gasteiger partial charge in [-0.2, -0.15) is 0 Å². The molecule has 2 aliphatic heterocycles. The van der Waals surface area contributed by atoms with Crippen LogP contribution in [0.15, 0.2) is 72.0 Å². The molecular formula is C21H19FN4S. The second kappa shape index (κ2) is 6.53. The maximum absolute atomic E-state index is 13.8. The molecule has 27 heavy (non-hydrogen) atoms. The Hall–Kier alpha value is -2.60. The lowest BCUT2D eigenvalue weighted by molar-refractivity contribution is 0.312. The van der Waals surface area contributed by atoms with E-state index in [9.17, 15) is 4.39 Å². The number of hydrogen-bond acceptors (Lipinski definition) is 4. The lowest BCUT2D eigenvalue weighted by Gasteiger charge is -2.28. The van der Waals surface area contributed by atoms with Gasteiger partial charge in [0.15, 0.2) is 5.17 Å². The van der Waals surface area contributed by atoms with E-state index < -0.39 is 0 Å². The van der Waals surface area contributed by atoms with E-state index in [2.05, 4.69) is 27.4 Å². The molecule has 3 atom stereocenters. The third kappa shape index (κ3) is 2.84. The quantitative estimate of drug-likeness (QED) is 0.668. The van der Waals surface area contributed by atoms with Gasteiger partial charge in [-0.1, -0.05) is 30.8 Å².